The van der Waals surface area contributed by atoms with E-state index in [2.05, 4.69) is 0 Å². The average molecular weight is 193 g/mol. The van der Waals surface area contributed by atoms with Gasteiger partial charge in [0.25, 0.3) is 0 Å². The molecule has 13 heavy (non-hydrogen) atoms. The minimum atomic E-state index is -1.10. The number of rotatable bonds is 2. The van der Waals surface area contributed by atoms with Gasteiger partial charge in [-0.1, -0.05) is 25.7 Å². The van der Waals surface area contributed by atoms with E-state index in [1.54, 1.807) is 0 Å². The molecule has 1 aliphatic rings. The Labute approximate surface area is 101 Å². The van der Waals surface area contributed by atoms with Crippen molar-refractivity contribution in [3.63, 3.8) is 0 Å². The predicted molar refractivity (Wildman–Crippen MR) is 44.2 cm³/mol. The Bertz CT molecular complexity index is 156. The van der Waals surface area contributed by atoms with Crippen molar-refractivity contribution >= 4 is 5.97 Å². The van der Waals surface area contributed by atoms with Gasteiger partial charge >= 0.3 is 29.6 Å². The van der Waals surface area contributed by atoms with E-state index >= 15 is 0 Å². The predicted octanol–water partition coefficient (Wildman–Crippen LogP) is -2.96. The maximum Gasteiger partial charge on any atom is 1.00 e. The molecular weight excluding hydrogens is 177 g/mol. The smallest absolute Gasteiger partial charge is 0.548 e. The molecule has 0 amide bonds. The van der Waals surface area contributed by atoms with Crippen molar-refractivity contribution in [3.05, 3.63) is 0 Å². The summed E-state index contributed by atoms with van der Waals surface area (Å²) in [5, 5.41) is 10.5. The summed E-state index contributed by atoms with van der Waals surface area (Å²) in [4.78, 5) is 10.5. The maximum absolute atomic E-state index is 10.5. The normalized spacial score (nSPS) is 21.3. The summed E-state index contributed by atoms with van der Waals surface area (Å²) in [5.74, 6) is -0.945. The van der Waals surface area contributed by atoms with Gasteiger partial charge in [-0.25, -0.2) is 0 Å². The van der Waals surface area contributed by atoms with E-state index in [9.17, 15) is 9.90 Å². The van der Waals surface area contributed by atoms with E-state index in [1.807, 2.05) is 0 Å². The van der Waals surface area contributed by atoms with Gasteiger partial charge in [0.15, 0.2) is 0 Å². The first-order valence-corrected chi connectivity index (χ1v) is 4.68. The van der Waals surface area contributed by atoms with E-state index in [4.69, 9.17) is 5.73 Å². The Kier molecular flexibility index (Phi) is 7.05. The number of aliphatic carboxylic acids is 1. The Hall–Kier alpha value is 0.430. The van der Waals surface area contributed by atoms with Gasteiger partial charge in [-0.2, -0.15) is 0 Å². The average Bonchev–Trinajstić information content (AvgIpc) is 2.30. The molecule has 0 aromatic carbocycles. The number of nitrogens with two attached hydrogens (primary N) is 1. The van der Waals surface area contributed by atoms with Crippen molar-refractivity contribution in [1.82, 2.24) is 0 Å². The van der Waals surface area contributed by atoms with Gasteiger partial charge in [-0.15, -0.1) is 0 Å². The molecule has 0 aromatic heterocycles. The van der Waals surface area contributed by atoms with Crippen molar-refractivity contribution in [3.8, 4) is 0 Å². The van der Waals surface area contributed by atoms with E-state index in [0.29, 0.717) is 0 Å². The molecule has 3 nitrogen and oxygen atoms in total. The number of hydrogen-bond donors (Lipinski definition) is 1. The molecule has 1 fully saturated rings. The summed E-state index contributed by atoms with van der Waals surface area (Å²) in [7, 11) is 0. The van der Waals surface area contributed by atoms with Crippen LogP contribution in [0.15, 0.2) is 0 Å². The third-order valence-corrected chi connectivity index (χ3v) is 2.68. The fourth-order valence-electron chi connectivity index (χ4n) is 1.86. The fourth-order valence-corrected chi connectivity index (χ4v) is 1.86. The molecule has 1 unspecified atom stereocenters. The quantitative estimate of drug-likeness (QED) is 0.376. The van der Waals surface area contributed by atoms with Gasteiger partial charge in [0.1, 0.15) is 0 Å². The van der Waals surface area contributed by atoms with Crippen LogP contribution in [0.25, 0.3) is 0 Å². The fraction of sp³-hybridized carbons (Fsp3) is 0.889. The Morgan fingerprint density at radius 1 is 1.23 bits per heavy atom. The molecule has 0 saturated heterocycles. The number of carboxylic acids is 1. The summed E-state index contributed by atoms with van der Waals surface area (Å²) in [6.07, 6.45) is 6.58. The standard InChI is InChI=1S/C9H17NO2.Na/c10-8(9(11)12)7-5-3-1-2-4-6-7;/h7-8H,1-6,10H2,(H,11,12);/q;+1/p-1. The number of hydrogen-bond acceptors (Lipinski definition) is 3. The molecule has 1 atom stereocenters. The molecule has 0 aliphatic heterocycles. The summed E-state index contributed by atoms with van der Waals surface area (Å²) < 4.78 is 0. The first-order chi connectivity index (χ1) is 5.72. The van der Waals surface area contributed by atoms with E-state index in [-0.39, 0.29) is 35.5 Å². The van der Waals surface area contributed by atoms with Crippen LogP contribution in [0.2, 0.25) is 0 Å². The van der Waals surface area contributed by atoms with Crippen LogP contribution in [0.3, 0.4) is 0 Å². The maximum atomic E-state index is 10.5. The van der Waals surface area contributed by atoms with E-state index in [1.165, 1.54) is 12.8 Å². The monoisotopic (exact) mass is 193 g/mol. The van der Waals surface area contributed by atoms with Crippen LogP contribution < -0.4 is 40.4 Å². The van der Waals surface area contributed by atoms with Crippen molar-refractivity contribution in [2.75, 3.05) is 0 Å². The van der Waals surface area contributed by atoms with Crippen LogP contribution in [0.1, 0.15) is 38.5 Å². The van der Waals surface area contributed by atoms with E-state index in [0.717, 1.165) is 25.7 Å². The van der Waals surface area contributed by atoms with Crippen LogP contribution >= 0.6 is 0 Å². The topological polar surface area (TPSA) is 66.2 Å². The van der Waals surface area contributed by atoms with Crippen molar-refractivity contribution in [2.24, 2.45) is 11.7 Å². The third kappa shape index (κ3) is 4.45. The molecule has 2 N–H and O–H groups in total. The molecule has 4 heteroatoms. The summed E-state index contributed by atoms with van der Waals surface area (Å²) in [6, 6.07) is -0.747. The van der Waals surface area contributed by atoms with E-state index < -0.39 is 12.0 Å². The molecular formula is C9H16NNaO2. The number of carbonyl (C=O) groups excluding carboxylic acids is 1. The zero-order valence-electron chi connectivity index (χ0n) is 8.29. The van der Waals surface area contributed by atoms with Gasteiger partial charge in [-0.3, -0.25) is 0 Å². The summed E-state index contributed by atoms with van der Waals surface area (Å²) in [6.45, 7) is 0. The molecule has 0 bridgehead atoms. The van der Waals surface area contributed by atoms with Gasteiger partial charge in [0.2, 0.25) is 0 Å². The van der Waals surface area contributed by atoms with Crippen molar-refractivity contribution in [2.45, 2.75) is 44.6 Å². The Morgan fingerprint density at radius 3 is 2.08 bits per heavy atom. The van der Waals surface area contributed by atoms with Gasteiger partial charge < -0.3 is 15.6 Å². The Morgan fingerprint density at radius 2 is 1.69 bits per heavy atom. The molecule has 1 aliphatic carbocycles. The second kappa shape index (κ2) is 6.82. The van der Waals surface area contributed by atoms with Crippen molar-refractivity contribution in [1.29, 1.82) is 0 Å². The minimum absolute atomic E-state index is 0. The number of carboxylic acid groups (broad SMARTS) is 1. The molecule has 0 spiro atoms. The molecule has 70 valence electrons. The zero-order chi connectivity index (χ0) is 8.97. The van der Waals surface area contributed by atoms with Crippen LogP contribution in [0.4, 0.5) is 0 Å². The van der Waals surface area contributed by atoms with Crippen LogP contribution in [0.5, 0.6) is 0 Å². The minimum Gasteiger partial charge on any atom is -0.548 e. The molecule has 0 heterocycles. The first-order valence-electron chi connectivity index (χ1n) is 4.68. The van der Waals surface area contributed by atoms with Crippen LogP contribution in [0, 0.1) is 5.92 Å². The summed E-state index contributed by atoms with van der Waals surface area (Å²) in [5.41, 5.74) is 5.50. The number of carbonyl (C=O) groups is 1. The largest absolute Gasteiger partial charge is 1.00 e. The third-order valence-electron chi connectivity index (χ3n) is 2.68. The second-order valence-electron chi connectivity index (χ2n) is 3.60. The van der Waals surface area contributed by atoms with Gasteiger partial charge in [-0.05, 0) is 18.8 Å². The SMILES string of the molecule is NC(C(=O)[O-])C1CCCCCC1.[Na+]. The molecule has 0 aromatic rings. The summed E-state index contributed by atoms with van der Waals surface area (Å²) >= 11 is 0. The van der Waals surface area contributed by atoms with Crippen LogP contribution in [-0.2, 0) is 4.79 Å². The molecule has 1 saturated carbocycles. The van der Waals surface area contributed by atoms with Crippen molar-refractivity contribution < 1.29 is 39.5 Å². The second-order valence-corrected chi connectivity index (χ2v) is 3.60. The van der Waals surface area contributed by atoms with Crippen LogP contribution in [-0.4, -0.2) is 12.0 Å². The first kappa shape index (κ1) is 13.4. The zero-order valence-corrected chi connectivity index (χ0v) is 10.3. The molecule has 0 radical (unpaired) electrons. The Balaban J connectivity index is 0.00000144. The van der Waals surface area contributed by atoms with Gasteiger partial charge in [0, 0.05) is 6.04 Å². The van der Waals surface area contributed by atoms with Gasteiger partial charge in [0.05, 0.1) is 5.97 Å². The molecule has 1 rings (SSSR count).